The highest BCUT2D eigenvalue weighted by molar-refractivity contribution is 5.76. The molecule has 14 heavy (non-hydrogen) atoms. The maximum absolute atomic E-state index is 11.2. The van der Waals surface area contributed by atoms with E-state index in [1.165, 1.54) is 0 Å². The van der Waals surface area contributed by atoms with Gasteiger partial charge in [-0.15, -0.1) is 0 Å². The molecule has 0 atom stereocenters. The van der Waals surface area contributed by atoms with E-state index in [0.29, 0.717) is 25.6 Å². The van der Waals surface area contributed by atoms with Crippen LogP contribution in [-0.4, -0.2) is 35.7 Å². The molecule has 1 amide bonds. The van der Waals surface area contributed by atoms with Gasteiger partial charge in [0, 0.05) is 25.6 Å². The van der Waals surface area contributed by atoms with Crippen molar-refractivity contribution in [3.8, 4) is 0 Å². The normalized spacial score (nSPS) is 16.8. The van der Waals surface area contributed by atoms with Crippen LogP contribution in [0.25, 0.3) is 0 Å². The standard InChI is InChI=1S/C10H20N2O2/c1-10(2,14)7-11-6-5-9(13)12-8-3-4-8/h8,11,14H,3-7H2,1-2H3,(H,12,13). The Morgan fingerprint density at radius 1 is 1.50 bits per heavy atom. The quantitative estimate of drug-likeness (QED) is 0.530. The third-order valence-corrected chi connectivity index (χ3v) is 2.03. The summed E-state index contributed by atoms with van der Waals surface area (Å²) in [6, 6.07) is 0.441. The van der Waals surface area contributed by atoms with E-state index < -0.39 is 5.60 Å². The summed E-state index contributed by atoms with van der Waals surface area (Å²) in [7, 11) is 0. The zero-order valence-corrected chi connectivity index (χ0v) is 8.97. The summed E-state index contributed by atoms with van der Waals surface area (Å²) in [5, 5.41) is 15.3. The van der Waals surface area contributed by atoms with Crippen LogP contribution < -0.4 is 10.6 Å². The maximum atomic E-state index is 11.2. The Morgan fingerprint density at radius 2 is 2.14 bits per heavy atom. The topological polar surface area (TPSA) is 61.4 Å². The van der Waals surface area contributed by atoms with Gasteiger partial charge in [0.15, 0.2) is 0 Å². The third-order valence-electron chi connectivity index (χ3n) is 2.03. The number of aliphatic hydroxyl groups is 1. The van der Waals surface area contributed by atoms with Crippen LogP contribution in [0, 0.1) is 0 Å². The van der Waals surface area contributed by atoms with Crippen LogP contribution in [-0.2, 0) is 4.79 Å². The van der Waals surface area contributed by atoms with Gasteiger partial charge in [0.25, 0.3) is 0 Å². The molecule has 0 radical (unpaired) electrons. The summed E-state index contributed by atoms with van der Waals surface area (Å²) < 4.78 is 0. The van der Waals surface area contributed by atoms with E-state index in [1.807, 2.05) is 0 Å². The summed E-state index contributed by atoms with van der Waals surface area (Å²) >= 11 is 0. The van der Waals surface area contributed by atoms with Gasteiger partial charge in [-0.05, 0) is 26.7 Å². The van der Waals surface area contributed by atoms with Crippen LogP contribution in [0.1, 0.15) is 33.1 Å². The Balaban J connectivity index is 1.94. The molecular weight excluding hydrogens is 180 g/mol. The Bertz CT molecular complexity index is 195. The molecule has 0 aromatic rings. The molecule has 0 unspecified atom stereocenters. The monoisotopic (exact) mass is 200 g/mol. The molecule has 1 fully saturated rings. The van der Waals surface area contributed by atoms with E-state index in [1.54, 1.807) is 13.8 Å². The number of carbonyl (C=O) groups is 1. The number of nitrogens with one attached hydrogen (secondary N) is 2. The van der Waals surface area contributed by atoms with Crippen LogP contribution in [0.5, 0.6) is 0 Å². The molecule has 1 aliphatic rings. The molecule has 4 heteroatoms. The second-order valence-corrected chi connectivity index (χ2v) is 4.58. The molecule has 82 valence electrons. The minimum absolute atomic E-state index is 0.107. The SMILES string of the molecule is CC(C)(O)CNCCC(=O)NC1CC1. The fraction of sp³-hybridized carbons (Fsp3) is 0.900. The van der Waals surface area contributed by atoms with Gasteiger partial charge in [-0.3, -0.25) is 4.79 Å². The molecule has 0 aliphatic heterocycles. The molecule has 0 aromatic carbocycles. The van der Waals surface area contributed by atoms with Crippen LogP contribution in [0.3, 0.4) is 0 Å². The smallest absolute Gasteiger partial charge is 0.221 e. The fourth-order valence-electron chi connectivity index (χ4n) is 1.12. The first-order valence-corrected chi connectivity index (χ1v) is 5.20. The van der Waals surface area contributed by atoms with Crippen LogP contribution in [0.15, 0.2) is 0 Å². The maximum Gasteiger partial charge on any atom is 0.221 e. The van der Waals surface area contributed by atoms with Crippen molar-refractivity contribution < 1.29 is 9.90 Å². The van der Waals surface area contributed by atoms with E-state index in [-0.39, 0.29) is 5.91 Å². The van der Waals surface area contributed by atoms with Crippen LogP contribution >= 0.6 is 0 Å². The Hall–Kier alpha value is -0.610. The first kappa shape index (κ1) is 11.5. The van der Waals surface area contributed by atoms with Gasteiger partial charge in [-0.2, -0.15) is 0 Å². The van der Waals surface area contributed by atoms with Crippen molar-refractivity contribution in [2.45, 2.75) is 44.8 Å². The number of hydrogen-bond acceptors (Lipinski definition) is 3. The second kappa shape index (κ2) is 4.75. The van der Waals surface area contributed by atoms with E-state index in [9.17, 15) is 9.90 Å². The Kier molecular flexibility index (Phi) is 3.89. The van der Waals surface area contributed by atoms with E-state index in [0.717, 1.165) is 12.8 Å². The van der Waals surface area contributed by atoms with E-state index in [4.69, 9.17) is 0 Å². The van der Waals surface area contributed by atoms with Crippen molar-refractivity contribution in [1.82, 2.24) is 10.6 Å². The molecule has 3 N–H and O–H groups in total. The molecule has 0 bridgehead atoms. The van der Waals surface area contributed by atoms with Gasteiger partial charge in [-0.1, -0.05) is 0 Å². The zero-order valence-electron chi connectivity index (χ0n) is 8.97. The molecule has 0 saturated heterocycles. The number of carbonyl (C=O) groups excluding carboxylic acids is 1. The third kappa shape index (κ3) is 5.94. The van der Waals surface area contributed by atoms with Crippen molar-refractivity contribution in [2.24, 2.45) is 0 Å². The lowest BCUT2D eigenvalue weighted by atomic mass is 10.1. The summed E-state index contributed by atoms with van der Waals surface area (Å²) in [6.45, 7) is 4.63. The summed E-state index contributed by atoms with van der Waals surface area (Å²) in [4.78, 5) is 11.2. The number of hydrogen-bond donors (Lipinski definition) is 3. The lowest BCUT2D eigenvalue weighted by molar-refractivity contribution is -0.121. The van der Waals surface area contributed by atoms with Gasteiger partial charge < -0.3 is 15.7 Å². The minimum Gasteiger partial charge on any atom is -0.389 e. The average molecular weight is 200 g/mol. The molecule has 0 aromatic heterocycles. The largest absolute Gasteiger partial charge is 0.389 e. The zero-order chi connectivity index (χ0) is 10.6. The predicted octanol–water partition coefficient (Wildman–Crippen LogP) is 0.0156. The molecule has 0 heterocycles. The Morgan fingerprint density at radius 3 is 2.64 bits per heavy atom. The highest BCUT2D eigenvalue weighted by Gasteiger charge is 2.22. The second-order valence-electron chi connectivity index (χ2n) is 4.58. The first-order valence-electron chi connectivity index (χ1n) is 5.20. The van der Waals surface area contributed by atoms with Gasteiger partial charge in [0.05, 0.1) is 5.60 Å². The van der Waals surface area contributed by atoms with Gasteiger partial charge in [0.1, 0.15) is 0 Å². The molecule has 0 spiro atoms. The fourth-order valence-corrected chi connectivity index (χ4v) is 1.12. The van der Waals surface area contributed by atoms with Gasteiger partial charge in [0.2, 0.25) is 5.91 Å². The molecule has 4 nitrogen and oxygen atoms in total. The summed E-state index contributed by atoms with van der Waals surface area (Å²) in [5.74, 6) is 0.107. The number of rotatable bonds is 6. The summed E-state index contributed by atoms with van der Waals surface area (Å²) in [5.41, 5.74) is -0.701. The summed E-state index contributed by atoms with van der Waals surface area (Å²) in [6.07, 6.45) is 2.75. The number of amides is 1. The van der Waals surface area contributed by atoms with Crippen molar-refractivity contribution >= 4 is 5.91 Å². The van der Waals surface area contributed by atoms with Crippen LogP contribution in [0.2, 0.25) is 0 Å². The van der Waals surface area contributed by atoms with Crippen molar-refractivity contribution in [2.75, 3.05) is 13.1 Å². The van der Waals surface area contributed by atoms with Crippen molar-refractivity contribution in [3.05, 3.63) is 0 Å². The molecular formula is C10H20N2O2. The van der Waals surface area contributed by atoms with Crippen molar-refractivity contribution in [1.29, 1.82) is 0 Å². The Labute approximate surface area is 85.1 Å². The molecule has 1 rings (SSSR count). The van der Waals surface area contributed by atoms with Crippen molar-refractivity contribution in [3.63, 3.8) is 0 Å². The lowest BCUT2D eigenvalue weighted by Crippen LogP contribution is -2.37. The van der Waals surface area contributed by atoms with E-state index >= 15 is 0 Å². The first-order chi connectivity index (χ1) is 6.47. The molecule has 1 aliphatic carbocycles. The van der Waals surface area contributed by atoms with E-state index in [2.05, 4.69) is 10.6 Å². The van der Waals surface area contributed by atoms with Gasteiger partial charge >= 0.3 is 0 Å². The van der Waals surface area contributed by atoms with Gasteiger partial charge in [-0.25, -0.2) is 0 Å². The highest BCUT2D eigenvalue weighted by atomic mass is 16.3. The highest BCUT2D eigenvalue weighted by Crippen LogP contribution is 2.18. The average Bonchev–Trinajstić information content (AvgIpc) is 2.80. The molecule has 1 saturated carbocycles. The minimum atomic E-state index is -0.701. The lowest BCUT2D eigenvalue weighted by Gasteiger charge is -2.17. The van der Waals surface area contributed by atoms with Crippen LogP contribution in [0.4, 0.5) is 0 Å². The predicted molar refractivity (Wildman–Crippen MR) is 54.9 cm³/mol.